The zero-order valence-electron chi connectivity index (χ0n) is 10.4. The summed E-state index contributed by atoms with van der Waals surface area (Å²) in [6.45, 7) is 1.77. The number of halogens is 3. The van der Waals surface area contributed by atoms with Crippen molar-refractivity contribution < 1.29 is 9.18 Å². The molecule has 0 aliphatic heterocycles. The summed E-state index contributed by atoms with van der Waals surface area (Å²) in [6.07, 6.45) is 0. The largest absolute Gasteiger partial charge is 0.345 e. The van der Waals surface area contributed by atoms with Crippen LogP contribution in [0, 0.1) is 5.82 Å². The lowest BCUT2D eigenvalue weighted by Gasteiger charge is -2.14. The second-order valence-corrected chi connectivity index (χ2v) is 4.86. The van der Waals surface area contributed by atoms with Gasteiger partial charge in [-0.3, -0.25) is 4.79 Å². The fraction of sp³-hybridized carbons (Fsp3) is 0.154. The van der Waals surface area contributed by atoms with Crippen LogP contribution in [0.4, 0.5) is 4.39 Å². The van der Waals surface area contributed by atoms with Crippen molar-refractivity contribution in [3.8, 4) is 0 Å². The van der Waals surface area contributed by atoms with Crippen LogP contribution in [0.2, 0.25) is 10.3 Å². The third kappa shape index (κ3) is 3.43. The van der Waals surface area contributed by atoms with E-state index in [0.29, 0.717) is 0 Å². The van der Waals surface area contributed by atoms with Crippen molar-refractivity contribution in [2.45, 2.75) is 13.0 Å². The molecule has 0 saturated carbocycles. The molecule has 20 heavy (non-hydrogen) atoms. The molecular weight excluding hydrogens is 304 g/mol. The number of benzene rings is 1. The Morgan fingerprint density at radius 1 is 1.25 bits per heavy atom. The van der Waals surface area contributed by atoms with E-state index in [4.69, 9.17) is 23.2 Å². The molecule has 4 nitrogen and oxygen atoms in total. The lowest BCUT2D eigenvalue weighted by Crippen LogP contribution is -2.27. The molecule has 1 atom stereocenters. The topological polar surface area (TPSA) is 54.9 Å². The molecule has 0 fully saturated rings. The number of nitrogens with zero attached hydrogens (tertiary/aromatic N) is 2. The van der Waals surface area contributed by atoms with Gasteiger partial charge in [0.1, 0.15) is 5.82 Å². The molecule has 7 heteroatoms. The predicted octanol–water partition coefficient (Wildman–Crippen LogP) is 3.41. The smallest absolute Gasteiger partial charge is 0.255 e. The Labute approximate surface area is 124 Å². The number of hydrogen-bond acceptors (Lipinski definition) is 3. The quantitative estimate of drug-likeness (QED) is 0.944. The molecule has 1 N–H and O–H groups in total. The molecule has 1 amide bonds. The molecule has 0 aliphatic carbocycles. The van der Waals surface area contributed by atoms with Crippen LogP contribution in [0.15, 0.2) is 30.3 Å². The second-order valence-electron chi connectivity index (χ2n) is 4.12. The minimum Gasteiger partial charge on any atom is -0.345 e. The van der Waals surface area contributed by atoms with Gasteiger partial charge in [0.25, 0.3) is 5.91 Å². The normalized spacial score (nSPS) is 12.0. The maximum atomic E-state index is 12.8. The van der Waals surface area contributed by atoms with E-state index < -0.39 is 5.91 Å². The Kier molecular flexibility index (Phi) is 4.52. The molecule has 1 aromatic carbocycles. The Morgan fingerprint density at radius 2 is 1.90 bits per heavy atom. The summed E-state index contributed by atoms with van der Waals surface area (Å²) in [5, 5.41) is 9.87. The third-order valence-corrected chi connectivity index (χ3v) is 3.15. The first kappa shape index (κ1) is 14.7. The number of carbonyl (C=O) groups excluding carboxylic acids is 1. The zero-order valence-corrected chi connectivity index (χ0v) is 11.9. The van der Waals surface area contributed by atoms with Crippen LogP contribution in [0.25, 0.3) is 0 Å². The number of nitrogens with one attached hydrogen (secondary N) is 1. The number of aromatic nitrogens is 2. The highest BCUT2D eigenvalue weighted by molar-refractivity contribution is 6.34. The third-order valence-electron chi connectivity index (χ3n) is 2.68. The highest BCUT2D eigenvalue weighted by atomic mass is 35.5. The highest BCUT2D eigenvalue weighted by Gasteiger charge is 2.16. The van der Waals surface area contributed by atoms with Crippen LogP contribution >= 0.6 is 23.2 Å². The number of hydrogen-bond donors (Lipinski definition) is 1. The fourth-order valence-electron chi connectivity index (χ4n) is 1.62. The lowest BCUT2D eigenvalue weighted by molar-refractivity contribution is 0.0939. The van der Waals surface area contributed by atoms with Gasteiger partial charge in [-0.1, -0.05) is 35.3 Å². The second kappa shape index (κ2) is 6.15. The van der Waals surface area contributed by atoms with Crippen molar-refractivity contribution in [3.63, 3.8) is 0 Å². The standard InChI is InChI=1S/C13H10Cl2FN3O/c1-7(8-2-4-9(16)5-3-8)17-13(20)10-6-11(14)18-19-12(10)15/h2-7H,1H3,(H,17,20). The van der Waals surface area contributed by atoms with Crippen LogP contribution in [0.3, 0.4) is 0 Å². The minimum atomic E-state index is -0.427. The van der Waals surface area contributed by atoms with Gasteiger partial charge in [0.2, 0.25) is 0 Å². The average molecular weight is 314 g/mol. The van der Waals surface area contributed by atoms with Crippen LogP contribution in [0.1, 0.15) is 28.9 Å². The monoisotopic (exact) mass is 313 g/mol. The summed E-state index contributed by atoms with van der Waals surface area (Å²) in [6, 6.07) is 6.88. The van der Waals surface area contributed by atoms with Crippen molar-refractivity contribution in [2.24, 2.45) is 0 Å². The number of amides is 1. The first-order valence-corrected chi connectivity index (χ1v) is 6.48. The molecule has 2 rings (SSSR count). The van der Waals surface area contributed by atoms with E-state index in [1.165, 1.54) is 18.2 Å². The Morgan fingerprint density at radius 3 is 2.55 bits per heavy atom. The number of rotatable bonds is 3. The van der Waals surface area contributed by atoms with E-state index in [1.807, 2.05) is 0 Å². The van der Waals surface area contributed by atoms with Crippen molar-refractivity contribution >= 4 is 29.1 Å². The highest BCUT2D eigenvalue weighted by Crippen LogP contribution is 2.18. The molecule has 0 radical (unpaired) electrons. The van der Waals surface area contributed by atoms with E-state index in [2.05, 4.69) is 15.5 Å². The molecule has 2 aromatic rings. The van der Waals surface area contributed by atoms with Crippen LogP contribution in [-0.2, 0) is 0 Å². The summed E-state index contributed by atoms with van der Waals surface area (Å²) < 4.78 is 12.8. The van der Waals surface area contributed by atoms with Crippen LogP contribution in [0.5, 0.6) is 0 Å². The summed E-state index contributed by atoms with van der Waals surface area (Å²) in [7, 11) is 0. The summed E-state index contributed by atoms with van der Waals surface area (Å²) in [4.78, 5) is 12.1. The fourth-order valence-corrected chi connectivity index (χ4v) is 1.95. The maximum Gasteiger partial charge on any atom is 0.255 e. The molecule has 0 bridgehead atoms. The molecule has 1 unspecified atom stereocenters. The first-order valence-electron chi connectivity index (χ1n) is 5.72. The first-order chi connectivity index (χ1) is 9.47. The van der Waals surface area contributed by atoms with Crippen LogP contribution < -0.4 is 5.32 Å². The van der Waals surface area contributed by atoms with Crippen LogP contribution in [-0.4, -0.2) is 16.1 Å². The zero-order chi connectivity index (χ0) is 14.7. The molecule has 1 heterocycles. The Hall–Kier alpha value is -1.72. The molecule has 0 saturated heterocycles. The van der Waals surface area contributed by atoms with Gasteiger partial charge in [-0.2, -0.15) is 0 Å². The van der Waals surface area contributed by atoms with Gasteiger partial charge in [-0.25, -0.2) is 4.39 Å². The number of carbonyl (C=O) groups is 1. The van der Waals surface area contributed by atoms with E-state index in [-0.39, 0.29) is 27.7 Å². The SMILES string of the molecule is CC(NC(=O)c1cc(Cl)nnc1Cl)c1ccc(F)cc1. The van der Waals surface area contributed by atoms with E-state index in [9.17, 15) is 9.18 Å². The van der Waals surface area contributed by atoms with Crippen molar-refractivity contribution in [1.29, 1.82) is 0 Å². The van der Waals surface area contributed by atoms with Gasteiger partial charge in [0.15, 0.2) is 10.3 Å². The van der Waals surface area contributed by atoms with Gasteiger partial charge >= 0.3 is 0 Å². The van der Waals surface area contributed by atoms with E-state index >= 15 is 0 Å². The lowest BCUT2D eigenvalue weighted by atomic mass is 10.1. The van der Waals surface area contributed by atoms with E-state index in [1.54, 1.807) is 19.1 Å². The van der Waals surface area contributed by atoms with Crippen molar-refractivity contribution in [1.82, 2.24) is 15.5 Å². The van der Waals surface area contributed by atoms with Gasteiger partial charge in [0, 0.05) is 0 Å². The van der Waals surface area contributed by atoms with Crippen molar-refractivity contribution in [2.75, 3.05) is 0 Å². The van der Waals surface area contributed by atoms with E-state index in [0.717, 1.165) is 5.56 Å². The Bertz CT molecular complexity index is 634. The van der Waals surface area contributed by atoms with Gasteiger partial charge in [-0.15, -0.1) is 10.2 Å². The molecule has 104 valence electrons. The van der Waals surface area contributed by atoms with Gasteiger partial charge in [-0.05, 0) is 30.7 Å². The van der Waals surface area contributed by atoms with Gasteiger partial charge < -0.3 is 5.32 Å². The summed E-state index contributed by atoms with van der Waals surface area (Å²) in [5.74, 6) is -0.760. The maximum absolute atomic E-state index is 12.8. The van der Waals surface area contributed by atoms with Crippen molar-refractivity contribution in [3.05, 3.63) is 57.6 Å². The van der Waals surface area contributed by atoms with Gasteiger partial charge in [0.05, 0.1) is 11.6 Å². The minimum absolute atomic E-state index is 0.0294. The molecule has 1 aromatic heterocycles. The molecular formula is C13H10Cl2FN3O. The Balaban J connectivity index is 2.15. The summed E-state index contributed by atoms with van der Waals surface area (Å²) >= 11 is 11.5. The summed E-state index contributed by atoms with van der Waals surface area (Å²) in [5.41, 5.74) is 0.907. The molecule has 0 aliphatic rings. The average Bonchev–Trinajstić information content (AvgIpc) is 2.42. The predicted molar refractivity (Wildman–Crippen MR) is 74.3 cm³/mol. The molecule has 0 spiro atoms.